The van der Waals surface area contributed by atoms with E-state index >= 15 is 0 Å². The summed E-state index contributed by atoms with van der Waals surface area (Å²) in [4.78, 5) is 36.2. The molecular formula is C23H32O4. The number of ether oxygens (including phenoxy) is 1. The summed E-state index contributed by atoms with van der Waals surface area (Å²) in [5, 5.41) is 0. The Kier molecular flexibility index (Phi) is 4.40. The maximum Gasteiger partial charge on any atom is 0.303 e. The number of fused-ring (bicyclic) bond motifs is 5. The number of rotatable bonds is 2. The third-order valence-electron chi connectivity index (χ3n) is 8.75. The highest BCUT2D eigenvalue weighted by Crippen LogP contribution is 2.66. The van der Waals surface area contributed by atoms with Gasteiger partial charge in [0.05, 0.1) is 0 Å². The molecule has 0 bridgehead atoms. The smallest absolute Gasteiger partial charge is 0.303 e. The molecule has 27 heavy (non-hydrogen) atoms. The SMILES string of the molecule is CC(=O)OC1CC2C(CCC3(C)C(C(C)=O)CCC23)C2(C)CCC(=O)C=C12. The lowest BCUT2D eigenvalue weighted by Crippen LogP contribution is -2.54. The molecule has 7 unspecified atom stereocenters. The van der Waals surface area contributed by atoms with Crippen molar-refractivity contribution in [3.63, 3.8) is 0 Å². The van der Waals surface area contributed by atoms with Gasteiger partial charge in [-0.2, -0.15) is 0 Å². The fourth-order valence-corrected chi connectivity index (χ4v) is 7.56. The van der Waals surface area contributed by atoms with Crippen LogP contribution in [0.3, 0.4) is 0 Å². The van der Waals surface area contributed by atoms with Gasteiger partial charge in [0.2, 0.25) is 0 Å². The van der Waals surface area contributed by atoms with E-state index in [4.69, 9.17) is 4.74 Å². The number of esters is 1. The first-order chi connectivity index (χ1) is 12.7. The molecule has 7 atom stereocenters. The van der Waals surface area contributed by atoms with Gasteiger partial charge in [0, 0.05) is 19.3 Å². The predicted molar refractivity (Wildman–Crippen MR) is 102 cm³/mol. The maximum atomic E-state index is 12.3. The summed E-state index contributed by atoms with van der Waals surface area (Å²) < 4.78 is 5.75. The molecule has 0 aromatic rings. The van der Waals surface area contributed by atoms with Gasteiger partial charge in [0.25, 0.3) is 0 Å². The molecule has 0 spiro atoms. The van der Waals surface area contributed by atoms with Gasteiger partial charge in [-0.25, -0.2) is 0 Å². The van der Waals surface area contributed by atoms with Crippen LogP contribution < -0.4 is 0 Å². The second-order valence-electron chi connectivity index (χ2n) is 9.98. The van der Waals surface area contributed by atoms with Gasteiger partial charge >= 0.3 is 5.97 Å². The highest BCUT2D eigenvalue weighted by Gasteiger charge is 2.61. The van der Waals surface area contributed by atoms with E-state index in [0.717, 1.165) is 44.1 Å². The standard InChI is InChI=1S/C23H32O4/c1-13(24)17-5-6-18-16-12-21(27-14(2)25)20-11-15(26)7-9-23(20,4)19(16)8-10-22(17,18)3/h11,16-19,21H,5-10,12H2,1-4H3. The maximum absolute atomic E-state index is 12.3. The van der Waals surface area contributed by atoms with Crippen LogP contribution in [0, 0.1) is 34.5 Å². The first-order valence-electron chi connectivity index (χ1n) is 10.6. The Morgan fingerprint density at radius 2 is 1.81 bits per heavy atom. The molecule has 0 amide bonds. The van der Waals surface area contributed by atoms with E-state index < -0.39 is 0 Å². The molecule has 4 heteroatoms. The average molecular weight is 373 g/mol. The lowest BCUT2D eigenvalue weighted by atomic mass is 9.46. The molecule has 0 saturated heterocycles. The molecule has 0 aliphatic heterocycles. The van der Waals surface area contributed by atoms with E-state index in [-0.39, 0.29) is 34.6 Å². The summed E-state index contributed by atoms with van der Waals surface area (Å²) in [6, 6.07) is 0. The van der Waals surface area contributed by atoms with Crippen LogP contribution in [0.25, 0.3) is 0 Å². The van der Waals surface area contributed by atoms with Crippen molar-refractivity contribution in [3.05, 3.63) is 11.6 Å². The van der Waals surface area contributed by atoms with Gasteiger partial charge in [-0.05, 0) is 85.7 Å². The van der Waals surface area contributed by atoms with Crippen LogP contribution >= 0.6 is 0 Å². The number of hydrogen-bond donors (Lipinski definition) is 0. The molecule has 4 aliphatic rings. The van der Waals surface area contributed by atoms with E-state index in [1.807, 2.05) is 0 Å². The summed E-state index contributed by atoms with van der Waals surface area (Å²) >= 11 is 0. The fraction of sp³-hybridized carbons (Fsp3) is 0.783. The molecule has 0 radical (unpaired) electrons. The van der Waals surface area contributed by atoms with Gasteiger partial charge < -0.3 is 4.74 Å². The van der Waals surface area contributed by atoms with Gasteiger partial charge in [0.1, 0.15) is 11.9 Å². The predicted octanol–water partition coefficient (Wildman–Crippen LogP) is 4.27. The van der Waals surface area contributed by atoms with Gasteiger partial charge in [-0.15, -0.1) is 0 Å². The molecular weight excluding hydrogens is 340 g/mol. The van der Waals surface area contributed by atoms with Crippen LogP contribution in [0.1, 0.15) is 72.6 Å². The molecule has 0 N–H and O–H groups in total. The minimum atomic E-state index is -0.281. The third-order valence-corrected chi connectivity index (χ3v) is 8.75. The van der Waals surface area contributed by atoms with Crippen molar-refractivity contribution in [1.82, 2.24) is 0 Å². The zero-order valence-corrected chi connectivity index (χ0v) is 17.0. The number of hydrogen-bond acceptors (Lipinski definition) is 4. The monoisotopic (exact) mass is 372 g/mol. The summed E-state index contributed by atoms with van der Waals surface area (Å²) in [6.07, 6.45) is 8.06. The summed E-state index contributed by atoms with van der Waals surface area (Å²) in [5.41, 5.74) is 1.07. The molecule has 0 heterocycles. The van der Waals surface area contributed by atoms with E-state index in [1.165, 1.54) is 6.92 Å². The van der Waals surface area contributed by atoms with Crippen molar-refractivity contribution < 1.29 is 19.1 Å². The van der Waals surface area contributed by atoms with Crippen LogP contribution in [0.2, 0.25) is 0 Å². The van der Waals surface area contributed by atoms with E-state index in [2.05, 4.69) is 13.8 Å². The Balaban J connectivity index is 1.73. The van der Waals surface area contributed by atoms with Crippen molar-refractivity contribution >= 4 is 17.5 Å². The van der Waals surface area contributed by atoms with Crippen molar-refractivity contribution in [2.75, 3.05) is 0 Å². The average Bonchev–Trinajstić information content (AvgIpc) is 2.93. The van der Waals surface area contributed by atoms with E-state index in [1.54, 1.807) is 13.0 Å². The van der Waals surface area contributed by atoms with E-state index in [9.17, 15) is 14.4 Å². The topological polar surface area (TPSA) is 60.4 Å². The number of carbonyl (C=O) groups is 3. The summed E-state index contributed by atoms with van der Waals surface area (Å²) in [7, 11) is 0. The minimum absolute atomic E-state index is 0.0629. The Hall–Kier alpha value is -1.45. The van der Waals surface area contributed by atoms with Gasteiger partial charge in [-0.1, -0.05) is 13.8 Å². The lowest BCUT2D eigenvalue weighted by molar-refractivity contribution is -0.153. The molecule has 3 saturated carbocycles. The molecule has 4 aliphatic carbocycles. The molecule has 148 valence electrons. The quantitative estimate of drug-likeness (QED) is 0.679. The molecule has 4 nitrogen and oxygen atoms in total. The zero-order chi connectivity index (χ0) is 19.6. The Bertz CT molecular complexity index is 722. The number of carbonyl (C=O) groups excluding carboxylic acids is 3. The minimum Gasteiger partial charge on any atom is -0.458 e. The zero-order valence-electron chi connectivity index (χ0n) is 17.0. The fourth-order valence-electron chi connectivity index (χ4n) is 7.56. The molecule has 4 rings (SSSR count). The van der Waals surface area contributed by atoms with Crippen molar-refractivity contribution in [2.45, 2.75) is 78.7 Å². The van der Waals surface area contributed by atoms with Gasteiger partial charge in [0.15, 0.2) is 5.78 Å². The Morgan fingerprint density at radius 3 is 2.48 bits per heavy atom. The summed E-state index contributed by atoms with van der Waals surface area (Å²) in [6.45, 7) is 7.83. The number of Topliss-reactive ketones (excluding diaryl/α,β-unsaturated/α-hetero) is 1. The third kappa shape index (κ3) is 2.74. The second kappa shape index (κ2) is 6.28. The van der Waals surface area contributed by atoms with Gasteiger partial charge in [-0.3, -0.25) is 14.4 Å². The highest BCUT2D eigenvalue weighted by atomic mass is 16.5. The van der Waals surface area contributed by atoms with Crippen LogP contribution in [0.5, 0.6) is 0 Å². The first kappa shape index (κ1) is 18.9. The van der Waals surface area contributed by atoms with Crippen LogP contribution in [0.15, 0.2) is 11.6 Å². The van der Waals surface area contributed by atoms with Crippen LogP contribution in [-0.2, 0) is 19.1 Å². The van der Waals surface area contributed by atoms with Crippen LogP contribution in [-0.4, -0.2) is 23.6 Å². The molecule has 0 aromatic heterocycles. The van der Waals surface area contributed by atoms with Crippen LogP contribution in [0.4, 0.5) is 0 Å². The Labute approximate surface area is 162 Å². The Morgan fingerprint density at radius 1 is 1.07 bits per heavy atom. The van der Waals surface area contributed by atoms with E-state index in [0.29, 0.717) is 30.0 Å². The molecule has 3 fully saturated rings. The highest BCUT2D eigenvalue weighted by molar-refractivity contribution is 5.92. The normalized spacial score (nSPS) is 46.0. The van der Waals surface area contributed by atoms with Crippen molar-refractivity contribution in [2.24, 2.45) is 34.5 Å². The largest absolute Gasteiger partial charge is 0.458 e. The number of ketones is 2. The van der Waals surface area contributed by atoms with Crippen molar-refractivity contribution in [3.8, 4) is 0 Å². The molecule has 0 aromatic carbocycles. The lowest BCUT2D eigenvalue weighted by Gasteiger charge is -2.59. The van der Waals surface area contributed by atoms with Crippen molar-refractivity contribution in [1.29, 1.82) is 0 Å². The summed E-state index contributed by atoms with van der Waals surface area (Å²) in [5.74, 6) is 1.90. The second-order valence-corrected chi connectivity index (χ2v) is 9.98. The first-order valence-corrected chi connectivity index (χ1v) is 10.6.